The Kier molecular flexibility index (Phi) is 2.00. The topological polar surface area (TPSA) is 70.6 Å². The molecular weight excluding hydrogens is 242 g/mol. The van der Waals surface area contributed by atoms with Crippen molar-refractivity contribution in [1.29, 1.82) is 0 Å². The number of hydrazone groups is 1. The van der Waals surface area contributed by atoms with Gasteiger partial charge in [0, 0.05) is 10.6 Å². The van der Waals surface area contributed by atoms with Gasteiger partial charge >= 0.3 is 0 Å². The van der Waals surface area contributed by atoms with Crippen molar-refractivity contribution in [3.8, 4) is 0 Å². The molecule has 0 saturated carbocycles. The smallest absolute Gasteiger partial charge is 0.258 e. The Morgan fingerprint density at radius 1 is 1.29 bits per heavy atom. The monoisotopic (exact) mass is 249 g/mol. The molecule has 0 fully saturated rings. The molecule has 5 nitrogen and oxygen atoms in total. The Balaban J connectivity index is 2.22. The van der Waals surface area contributed by atoms with Crippen molar-refractivity contribution >= 4 is 34.8 Å². The maximum Gasteiger partial charge on any atom is 0.258 e. The maximum atomic E-state index is 11.7. The Bertz CT molecular complexity index is 595. The van der Waals surface area contributed by atoms with Crippen molar-refractivity contribution in [2.24, 2.45) is 11.0 Å². The van der Waals surface area contributed by atoms with Gasteiger partial charge in [-0.1, -0.05) is 11.6 Å². The quantitative estimate of drug-likeness (QED) is 0.675. The highest BCUT2D eigenvalue weighted by atomic mass is 35.5. The van der Waals surface area contributed by atoms with E-state index in [1.165, 1.54) is 0 Å². The molecular formula is C11H8ClN3O2. The molecule has 2 amide bonds. The zero-order valence-corrected chi connectivity index (χ0v) is 9.63. The molecule has 1 aromatic carbocycles. The van der Waals surface area contributed by atoms with Gasteiger partial charge < -0.3 is 5.32 Å². The summed E-state index contributed by atoms with van der Waals surface area (Å²) in [6, 6.07) is 3.49. The number of nitrogens with zero attached hydrogens (tertiary/aromatic N) is 1. The lowest BCUT2D eigenvalue weighted by molar-refractivity contribution is -0.128. The van der Waals surface area contributed by atoms with Crippen molar-refractivity contribution < 1.29 is 9.59 Å². The van der Waals surface area contributed by atoms with Crippen LogP contribution in [0.2, 0.25) is 5.02 Å². The second-order valence-electron chi connectivity index (χ2n) is 4.04. The highest BCUT2D eigenvalue weighted by Crippen LogP contribution is 2.32. The lowest BCUT2D eigenvalue weighted by Gasteiger charge is -2.21. The Labute approximate surface area is 102 Å². The van der Waals surface area contributed by atoms with Crippen LogP contribution in [0, 0.1) is 12.8 Å². The minimum Gasteiger partial charge on any atom is -0.324 e. The molecule has 0 aromatic heterocycles. The van der Waals surface area contributed by atoms with Crippen molar-refractivity contribution in [2.45, 2.75) is 6.92 Å². The van der Waals surface area contributed by atoms with E-state index in [1.807, 2.05) is 13.0 Å². The van der Waals surface area contributed by atoms with Gasteiger partial charge in [0.1, 0.15) is 0 Å². The Morgan fingerprint density at radius 2 is 2.06 bits per heavy atom. The third-order valence-corrected chi connectivity index (χ3v) is 3.32. The number of halogens is 1. The summed E-state index contributed by atoms with van der Waals surface area (Å²) >= 11 is 5.99. The number of hydrogen-bond donors (Lipinski definition) is 2. The third-order valence-electron chi connectivity index (χ3n) is 2.92. The Hall–Kier alpha value is -1.88. The molecule has 1 aromatic rings. The summed E-state index contributed by atoms with van der Waals surface area (Å²) in [7, 11) is 0. The molecule has 2 heterocycles. The first kappa shape index (κ1) is 10.3. The van der Waals surface area contributed by atoms with E-state index in [4.69, 9.17) is 11.6 Å². The molecule has 0 aliphatic carbocycles. The third kappa shape index (κ3) is 1.36. The summed E-state index contributed by atoms with van der Waals surface area (Å²) in [5, 5.41) is 7.15. The first-order valence-corrected chi connectivity index (χ1v) is 5.44. The number of aryl methyl sites for hydroxylation is 1. The van der Waals surface area contributed by atoms with E-state index in [-0.39, 0.29) is 5.91 Å². The largest absolute Gasteiger partial charge is 0.324 e. The average molecular weight is 250 g/mol. The summed E-state index contributed by atoms with van der Waals surface area (Å²) in [5.41, 5.74) is 5.01. The van der Waals surface area contributed by atoms with Crippen molar-refractivity contribution in [1.82, 2.24) is 5.43 Å². The fourth-order valence-corrected chi connectivity index (χ4v) is 2.19. The standard InChI is InChI=1S/C11H8ClN3O2/c1-4-2-5-7(3-6(4)12)13-10(16)8-9(5)14-15-11(8)17/h2-3,8H,1H3,(H,13,16)(H,15,17). The molecule has 0 bridgehead atoms. The minimum atomic E-state index is -0.844. The number of fused-ring (bicyclic) bond motifs is 3. The lowest BCUT2D eigenvalue weighted by atomic mass is 9.90. The molecule has 17 heavy (non-hydrogen) atoms. The number of benzene rings is 1. The van der Waals surface area contributed by atoms with Crippen molar-refractivity contribution in [2.75, 3.05) is 5.32 Å². The molecule has 3 rings (SSSR count). The number of anilines is 1. The number of carbonyl (C=O) groups excluding carboxylic acids is 2. The molecule has 0 radical (unpaired) electrons. The van der Waals surface area contributed by atoms with E-state index >= 15 is 0 Å². The zero-order chi connectivity index (χ0) is 12.2. The fraction of sp³-hybridized carbons (Fsp3) is 0.182. The van der Waals surface area contributed by atoms with Crippen LogP contribution in [-0.2, 0) is 9.59 Å². The predicted octanol–water partition coefficient (Wildman–Crippen LogP) is 1.05. The van der Waals surface area contributed by atoms with Crippen LogP contribution in [0.3, 0.4) is 0 Å². The summed E-state index contributed by atoms with van der Waals surface area (Å²) < 4.78 is 0. The molecule has 2 aliphatic heterocycles. The first-order chi connectivity index (χ1) is 8.08. The van der Waals surface area contributed by atoms with Gasteiger partial charge in [-0.2, -0.15) is 5.10 Å². The average Bonchev–Trinajstić information content (AvgIpc) is 2.65. The van der Waals surface area contributed by atoms with Crippen LogP contribution < -0.4 is 10.7 Å². The highest BCUT2D eigenvalue weighted by molar-refractivity contribution is 6.36. The number of rotatable bonds is 0. The van der Waals surface area contributed by atoms with E-state index in [1.54, 1.807) is 6.07 Å². The second-order valence-corrected chi connectivity index (χ2v) is 4.45. The normalized spacial score (nSPS) is 21.3. The van der Waals surface area contributed by atoms with Gasteiger partial charge in [0.05, 0.1) is 11.4 Å². The molecule has 0 spiro atoms. The van der Waals surface area contributed by atoms with Gasteiger partial charge in [0.2, 0.25) is 5.91 Å². The lowest BCUT2D eigenvalue weighted by Crippen LogP contribution is -2.39. The summed E-state index contributed by atoms with van der Waals surface area (Å²) in [6.07, 6.45) is 0. The van der Waals surface area contributed by atoms with Gasteiger partial charge in [0.15, 0.2) is 5.92 Å². The van der Waals surface area contributed by atoms with Gasteiger partial charge in [-0.05, 0) is 24.6 Å². The molecule has 1 unspecified atom stereocenters. The van der Waals surface area contributed by atoms with Gasteiger partial charge in [-0.15, -0.1) is 0 Å². The molecule has 2 N–H and O–H groups in total. The summed E-state index contributed by atoms with van der Waals surface area (Å²) in [6.45, 7) is 1.86. The van der Waals surface area contributed by atoms with Crippen LogP contribution in [0.5, 0.6) is 0 Å². The SMILES string of the molecule is Cc1cc2c(cc1Cl)NC(=O)C1C(=O)NN=C21. The van der Waals surface area contributed by atoms with E-state index in [2.05, 4.69) is 15.8 Å². The van der Waals surface area contributed by atoms with Crippen LogP contribution in [0.1, 0.15) is 11.1 Å². The van der Waals surface area contributed by atoms with Gasteiger partial charge in [-0.25, -0.2) is 5.43 Å². The van der Waals surface area contributed by atoms with Crippen molar-refractivity contribution in [3.05, 3.63) is 28.3 Å². The molecule has 6 heteroatoms. The van der Waals surface area contributed by atoms with Gasteiger partial charge in [0.25, 0.3) is 5.91 Å². The Morgan fingerprint density at radius 3 is 2.82 bits per heavy atom. The van der Waals surface area contributed by atoms with Gasteiger partial charge in [-0.3, -0.25) is 9.59 Å². The zero-order valence-electron chi connectivity index (χ0n) is 8.87. The number of carbonyl (C=O) groups is 2. The van der Waals surface area contributed by atoms with Crippen LogP contribution in [-0.4, -0.2) is 17.5 Å². The van der Waals surface area contributed by atoms with E-state index in [9.17, 15) is 9.59 Å². The summed E-state index contributed by atoms with van der Waals surface area (Å²) in [5.74, 6) is -1.61. The molecule has 0 saturated heterocycles. The van der Waals surface area contributed by atoms with Crippen LogP contribution in [0.15, 0.2) is 17.2 Å². The van der Waals surface area contributed by atoms with E-state index in [0.29, 0.717) is 16.4 Å². The number of nitrogens with one attached hydrogen (secondary N) is 2. The van der Waals surface area contributed by atoms with Crippen molar-refractivity contribution in [3.63, 3.8) is 0 Å². The second kappa shape index (κ2) is 3.30. The molecule has 1 atom stereocenters. The van der Waals surface area contributed by atoms with Crippen LogP contribution in [0.25, 0.3) is 0 Å². The summed E-state index contributed by atoms with van der Waals surface area (Å²) in [4.78, 5) is 23.2. The van der Waals surface area contributed by atoms with Crippen LogP contribution in [0.4, 0.5) is 5.69 Å². The minimum absolute atomic E-state index is 0.369. The first-order valence-electron chi connectivity index (χ1n) is 5.07. The molecule has 2 aliphatic rings. The maximum absolute atomic E-state index is 11.7. The number of hydrogen-bond acceptors (Lipinski definition) is 3. The fourth-order valence-electron chi connectivity index (χ4n) is 2.03. The van der Waals surface area contributed by atoms with E-state index < -0.39 is 11.8 Å². The highest BCUT2D eigenvalue weighted by Gasteiger charge is 2.41. The van der Waals surface area contributed by atoms with Crippen LogP contribution >= 0.6 is 11.6 Å². The predicted molar refractivity (Wildman–Crippen MR) is 63.0 cm³/mol. The number of amides is 2. The molecule has 86 valence electrons. The van der Waals surface area contributed by atoms with E-state index in [0.717, 1.165) is 11.1 Å².